The Bertz CT molecular complexity index is 565. The summed E-state index contributed by atoms with van der Waals surface area (Å²) < 4.78 is 27.7. The minimum Gasteiger partial charge on any atom is -0.370 e. The topological polar surface area (TPSA) is 37.8 Å². The first-order chi connectivity index (χ1) is 9.19. The van der Waals surface area contributed by atoms with Gasteiger partial charge in [0.05, 0.1) is 11.3 Å². The van der Waals surface area contributed by atoms with Crippen molar-refractivity contribution in [2.45, 2.75) is 20.3 Å². The fourth-order valence-electron chi connectivity index (χ4n) is 2.01. The van der Waals surface area contributed by atoms with E-state index < -0.39 is 11.6 Å². The standard InChI is InChI=1S/C14H15F2N3/c1-3-9-13(18-8-19-14(9)17-4-2)12-10(15)6-5-7-11(12)16/h5-8H,3-4H2,1-2H3,(H,17,18,19). The van der Waals surface area contributed by atoms with Crippen LogP contribution in [-0.2, 0) is 6.42 Å². The average molecular weight is 263 g/mol. The van der Waals surface area contributed by atoms with E-state index in [-0.39, 0.29) is 5.56 Å². The Labute approximate surface area is 110 Å². The van der Waals surface area contributed by atoms with E-state index >= 15 is 0 Å². The summed E-state index contributed by atoms with van der Waals surface area (Å²) in [6, 6.07) is 3.80. The van der Waals surface area contributed by atoms with Crippen LogP contribution in [0.25, 0.3) is 11.3 Å². The van der Waals surface area contributed by atoms with Crippen LogP contribution >= 0.6 is 0 Å². The summed E-state index contributed by atoms with van der Waals surface area (Å²) >= 11 is 0. The highest BCUT2D eigenvalue weighted by Crippen LogP contribution is 2.30. The van der Waals surface area contributed by atoms with Crippen LogP contribution < -0.4 is 5.32 Å². The SMILES string of the molecule is CCNc1ncnc(-c2c(F)cccc2F)c1CC. The Morgan fingerprint density at radius 2 is 1.79 bits per heavy atom. The Morgan fingerprint density at radius 1 is 1.11 bits per heavy atom. The van der Waals surface area contributed by atoms with Crippen molar-refractivity contribution in [3.8, 4) is 11.3 Å². The molecule has 0 unspecified atom stereocenters. The lowest BCUT2D eigenvalue weighted by Crippen LogP contribution is -2.07. The molecule has 0 fully saturated rings. The van der Waals surface area contributed by atoms with Crippen molar-refractivity contribution in [2.75, 3.05) is 11.9 Å². The minimum atomic E-state index is -0.615. The molecule has 0 bridgehead atoms. The minimum absolute atomic E-state index is 0.0964. The van der Waals surface area contributed by atoms with Crippen molar-refractivity contribution in [3.63, 3.8) is 0 Å². The first-order valence-electron chi connectivity index (χ1n) is 6.21. The zero-order valence-corrected chi connectivity index (χ0v) is 10.9. The van der Waals surface area contributed by atoms with E-state index in [1.165, 1.54) is 24.5 Å². The molecule has 2 aromatic rings. The maximum Gasteiger partial charge on any atom is 0.135 e. The molecule has 1 heterocycles. The molecule has 1 N–H and O–H groups in total. The smallest absolute Gasteiger partial charge is 0.135 e. The zero-order chi connectivity index (χ0) is 13.8. The predicted molar refractivity (Wildman–Crippen MR) is 70.9 cm³/mol. The largest absolute Gasteiger partial charge is 0.370 e. The lowest BCUT2D eigenvalue weighted by atomic mass is 10.0. The molecule has 0 spiro atoms. The molecule has 0 aliphatic heterocycles. The van der Waals surface area contributed by atoms with Crippen molar-refractivity contribution in [2.24, 2.45) is 0 Å². The van der Waals surface area contributed by atoms with Gasteiger partial charge in [-0.25, -0.2) is 18.7 Å². The van der Waals surface area contributed by atoms with E-state index in [1.54, 1.807) is 0 Å². The van der Waals surface area contributed by atoms with Gasteiger partial charge < -0.3 is 5.32 Å². The molecule has 5 heteroatoms. The van der Waals surface area contributed by atoms with E-state index in [4.69, 9.17) is 0 Å². The zero-order valence-electron chi connectivity index (χ0n) is 10.9. The highest BCUT2D eigenvalue weighted by molar-refractivity contribution is 5.69. The number of anilines is 1. The quantitative estimate of drug-likeness (QED) is 0.918. The van der Waals surface area contributed by atoms with Gasteiger partial charge in [0.25, 0.3) is 0 Å². The van der Waals surface area contributed by atoms with Crippen LogP contribution in [0.3, 0.4) is 0 Å². The number of hydrogen-bond donors (Lipinski definition) is 1. The normalized spacial score (nSPS) is 10.5. The van der Waals surface area contributed by atoms with Crippen LogP contribution in [0.1, 0.15) is 19.4 Å². The second-order valence-corrected chi connectivity index (χ2v) is 4.03. The van der Waals surface area contributed by atoms with Gasteiger partial charge >= 0.3 is 0 Å². The summed E-state index contributed by atoms with van der Waals surface area (Å²) in [7, 11) is 0. The van der Waals surface area contributed by atoms with Crippen LogP contribution in [0.2, 0.25) is 0 Å². The molecule has 1 aromatic carbocycles. The maximum atomic E-state index is 13.8. The van der Waals surface area contributed by atoms with E-state index in [9.17, 15) is 8.78 Å². The third kappa shape index (κ3) is 2.54. The summed E-state index contributed by atoms with van der Waals surface area (Å²) in [5.41, 5.74) is 0.929. The van der Waals surface area contributed by atoms with Gasteiger partial charge in [0.2, 0.25) is 0 Å². The van der Waals surface area contributed by atoms with Gasteiger partial charge in [-0.2, -0.15) is 0 Å². The fourth-order valence-corrected chi connectivity index (χ4v) is 2.01. The van der Waals surface area contributed by atoms with Gasteiger partial charge in [-0.3, -0.25) is 0 Å². The Morgan fingerprint density at radius 3 is 2.37 bits per heavy atom. The predicted octanol–water partition coefficient (Wildman–Crippen LogP) is 3.42. The maximum absolute atomic E-state index is 13.8. The molecule has 19 heavy (non-hydrogen) atoms. The average Bonchev–Trinajstić information content (AvgIpc) is 2.39. The molecule has 2 rings (SSSR count). The number of aromatic nitrogens is 2. The van der Waals surface area contributed by atoms with Crippen molar-refractivity contribution < 1.29 is 8.78 Å². The van der Waals surface area contributed by atoms with Crippen molar-refractivity contribution in [1.82, 2.24) is 9.97 Å². The highest BCUT2D eigenvalue weighted by atomic mass is 19.1. The first kappa shape index (κ1) is 13.4. The van der Waals surface area contributed by atoms with Gasteiger partial charge in [0.1, 0.15) is 23.8 Å². The molecule has 0 aliphatic rings. The van der Waals surface area contributed by atoms with Crippen molar-refractivity contribution in [3.05, 3.63) is 41.7 Å². The second kappa shape index (κ2) is 5.73. The Balaban J connectivity index is 2.65. The summed E-state index contributed by atoms with van der Waals surface area (Å²) in [5, 5.41) is 3.08. The van der Waals surface area contributed by atoms with Gasteiger partial charge in [0, 0.05) is 12.1 Å². The lowest BCUT2D eigenvalue weighted by Gasteiger charge is -2.13. The second-order valence-electron chi connectivity index (χ2n) is 4.03. The lowest BCUT2D eigenvalue weighted by molar-refractivity contribution is 0.588. The van der Waals surface area contributed by atoms with E-state index in [0.29, 0.717) is 30.0 Å². The molecule has 0 saturated carbocycles. The third-order valence-corrected chi connectivity index (χ3v) is 2.84. The number of nitrogens with zero attached hydrogens (tertiary/aromatic N) is 2. The van der Waals surface area contributed by atoms with Crippen LogP contribution in [-0.4, -0.2) is 16.5 Å². The monoisotopic (exact) mass is 263 g/mol. The van der Waals surface area contributed by atoms with Crippen LogP contribution in [0.5, 0.6) is 0 Å². The molecular weight excluding hydrogens is 248 g/mol. The van der Waals surface area contributed by atoms with Crippen LogP contribution in [0.4, 0.5) is 14.6 Å². The number of nitrogens with one attached hydrogen (secondary N) is 1. The summed E-state index contributed by atoms with van der Waals surface area (Å²) in [4.78, 5) is 8.17. The summed E-state index contributed by atoms with van der Waals surface area (Å²) in [5.74, 6) is -0.607. The van der Waals surface area contributed by atoms with E-state index in [0.717, 1.165) is 0 Å². The molecular formula is C14H15F2N3. The highest BCUT2D eigenvalue weighted by Gasteiger charge is 2.18. The summed E-state index contributed by atoms with van der Waals surface area (Å²) in [6.45, 7) is 4.52. The fraction of sp³-hybridized carbons (Fsp3) is 0.286. The van der Waals surface area contributed by atoms with Gasteiger partial charge in [-0.1, -0.05) is 13.0 Å². The van der Waals surface area contributed by atoms with Crippen molar-refractivity contribution >= 4 is 5.82 Å². The number of halogens is 2. The van der Waals surface area contributed by atoms with Crippen LogP contribution in [0.15, 0.2) is 24.5 Å². The molecule has 3 nitrogen and oxygen atoms in total. The van der Waals surface area contributed by atoms with Crippen molar-refractivity contribution in [1.29, 1.82) is 0 Å². The Hall–Kier alpha value is -2.04. The molecule has 0 atom stereocenters. The Kier molecular flexibility index (Phi) is 4.04. The number of hydrogen-bond acceptors (Lipinski definition) is 3. The van der Waals surface area contributed by atoms with E-state index in [1.807, 2.05) is 13.8 Å². The molecule has 0 radical (unpaired) electrons. The first-order valence-corrected chi connectivity index (χ1v) is 6.21. The third-order valence-electron chi connectivity index (χ3n) is 2.84. The number of benzene rings is 1. The van der Waals surface area contributed by atoms with Gasteiger partial charge in [-0.05, 0) is 25.5 Å². The molecule has 100 valence electrons. The molecule has 0 aliphatic carbocycles. The molecule has 1 aromatic heterocycles. The summed E-state index contributed by atoms with van der Waals surface area (Å²) in [6.07, 6.45) is 1.91. The molecule has 0 amide bonds. The van der Waals surface area contributed by atoms with E-state index in [2.05, 4.69) is 15.3 Å². The van der Waals surface area contributed by atoms with Gasteiger partial charge in [-0.15, -0.1) is 0 Å². The number of rotatable bonds is 4. The van der Waals surface area contributed by atoms with Gasteiger partial charge in [0.15, 0.2) is 0 Å². The van der Waals surface area contributed by atoms with Crippen LogP contribution in [0, 0.1) is 11.6 Å². The molecule has 0 saturated heterocycles.